The average Bonchev–Trinajstić information content (AvgIpc) is 3.44. The second kappa shape index (κ2) is 9.04. The Morgan fingerprint density at radius 1 is 1.12 bits per heavy atom. The van der Waals surface area contributed by atoms with Gasteiger partial charge in [-0.25, -0.2) is 4.79 Å². The average molecular weight is 534 g/mol. The van der Waals surface area contributed by atoms with Crippen molar-refractivity contribution in [2.45, 2.75) is 19.0 Å². The number of thiocarbonyl (C=S) groups is 1. The third-order valence-electron chi connectivity index (χ3n) is 5.86. The molecule has 1 aliphatic rings. The number of halogens is 1. The Morgan fingerprint density at radius 3 is 2.59 bits per heavy atom. The maximum atomic E-state index is 11.3. The lowest BCUT2D eigenvalue weighted by Crippen LogP contribution is -2.29. The monoisotopic (exact) mass is 533 g/mol. The Balaban J connectivity index is 1.58. The zero-order valence-corrected chi connectivity index (χ0v) is 20.5. The smallest absolute Gasteiger partial charge is 0.335 e. The van der Waals surface area contributed by atoms with Crippen LogP contribution in [0, 0.1) is 6.92 Å². The molecule has 1 aliphatic heterocycles. The first kappa shape index (κ1) is 22.3. The summed E-state index contributed by atoms with van der Waals surface area (Å²) in [5.41, 5.74) is 3.70. The largest absolute Gasteiger partial charge is 0.478 e. The highest BCUT2D eigenvalue weighted by Gasteiger charge is 2.42. The van der Waals surface area contributed by atoms with Crippen LogP contribution in [0.25, 0.3) is 11.3 Å². The SMILES string of the molecule is Cc1cc(C(=O)O)ccc1-c1ccc(C2C(c3ccccn3)NC(=S)N2c2ccc(Br)cc2)o1. The molecule has 3 heterocycles. The van der Waals surface area contributed by atoms with Gasteiger partial charge >= 0.3 is 5.97 Å². The summed E-state index contributed by atoms with van der Waals surface area (Å²) in [6.07, 6.45) is 1.76. The highest BCUT2D eigenvalue weighted by atomic mass is 79.9. The fourth-order valence-corrected chi connectivity index (χ4v) is 4.86. The lowest BCUT2D eigenvalue weighted by molar-refractivity contribution is 0.0697. The van der Waals surface area contributed by atoms with Crippen LogP contribution in [-0.4, -0.2) is 21.2 Å². The van der Waals surface area contributed by atoms with Crippen molar-refractivity contribution in [3.63, 3.8) is 0 Å². The highest BCUT2D eigenvalue weighted by molar-refractivity contribution is 9.10. The van der Waals surface area contributed by atoms with Gasteiger partial charge in [-0.15, -0.1) is 0 Å². The van der Waals surface area contributed by atoms with Gasteiger partial charge in [0.05, 0.1) is 17.3 Å². The lowest BCUT2D eigenvalue weighted by atomic mass is 10.0. The summed E-state index contributed by atoms with van der Waals surface area (Å²) in [5.74, 6) is 0.434. The number of hydrogen-bond acceptors (Lipinski definition) is 4. The molecule has 1 fully saturated rings. The van der Waals surface area contributed by atoms with Crippen LogP contribution < -0.4 is 10.2 Å². The standard InChI is InChI=1S/C26H20BrN3O3S/c1-15-14-16(25(31)32)5-10-19(15)21-11-12-22(33-21)24-23(20-4-2-3-13-28-20)29-26(34)30(24)18-8-6-17(27)7-9-18/h2-14,23-24H,1H3,(H,29,34)(H,31,32). The van der Waals surface area contributed by atoms with Crippen LogP contribution in [0.1, 0.15) is 39.5 Å². The predicted molar refractivity (Wildman–Crippen MR) is 138 cm³/mol. The molecule has 1 saturated heterocycles. The van der Waals surface area contributed by atoms with Crippen LogP contribution in [-0.2, 0) is 0 Å². The van der Waals surface area contributed by atoms with Gasteiger partial charge in [-0.05, 0) is 85.4 Å². The number of anilines is 1. The fourth-order valence-electron chi connectivity index (χ4n) is 4.25. The summed E-state index contributed by atoms with van der Waals surface area (Å²) in [7, 11) is 0. The number of carboxylic acids is 1. The van der Waals surface area contributed by atoms with Gasteiger partial charge in [-0.2, -0.15) is 0 Å². The molecule has 2 N–H and O–H groups in total. The molecule has 0 radical (unpaired) electrons. The summed E-state index contributed by atoms with van der Waals surface area (Å²) in [6.45, 7) is 1.88. The van der Waals surface area contributed by atoms with Crippen LogP contribution >= 0.6 is 28.1 Å². The zero-order chi connectivity index (χ0) is 23.8. The number of hydrogen-bond donors (Lipinski definition) is 2. The normalized spacial score (nSPS) is 17.6. The van der Waals surface area contributed by atoms with E-state index in [0.717, 1.165) is 32.7 Å². The van der Waals surface area contributed by atoms with Crippen molar-refractivity contribution in [1.29, 1.82) is 0 Å². The molecule has 2 unspecified atom stereocenters. The van der Waals surface area contributed by atoms with E-state index >= 15 is 0 Å². The number of rotatable bonds is 5. The van der Waals surface area contributed by atoms with Gasteiger partial charge < -0.3 is 19.7 Å². The number of aromatic nitrogens is 1. The summed E-state index contributed by atoms with van der Waals surface area (Å²) >= 11 is 9.24. The lowest BCUT2D eigenvalue weighted by Gasteiger charge is -2.26. The number of aryl methyl sites for hydroxylation is 1. The molecule has 2 aromatic carbocycles. The highest BCUT2D eigenvalue weighted by Crippen LogP contribution is 2.43. The first-order valence-electron chi connectivity index (χ1n) is 10.6. The maximum Gasteiger partial charge on any atom is 0.335 e. The molecule has 2 atom stereocenters. The van der Waals surface area contributed by atoms with Gasteiger partial charge in [0.25, 0.3) is 0 Å². The molecule has 0 bridgehead atoms. The Labute approximate surface area is 210 Å². The van der Waals surface area contributed by atoms with Crippen LogP contribution in [0.4, 0.5) is 5.69 Å². The van der Waals surface area contributed by atoms with Gasteiger partial charge in [-0.1, -0.05) is 28.1 Å². The van der Waals surface area contributed by atoms with Crippen molar-refractivity contribution in [1.82, 2.24) is 10.3 Å². The summed E-state index contributed by atoms with van der Waals surface area (Å²) in [6, 6.07) is 22.2. The van der Waals surface area contributed by atoms with E-state index in [9.17, 15) is 9.90 Å². The van der Waals surface area contributed by atoms with Crippen LogP contribution in [0.5, 0.6) is 0 Å². The number of pyridine rings is 1. The van der Waals surface area contributed by atoms with Crippen molar-refractivity contribution in [2.24, 2.45) is 0 Å². The van der Waals surface area contributed by atoms with E-state index in [0.29, 0.717) is 10.9 Å². The van der Waals surface area contributed by atoms with Crippen molar-refractivity contribution < 1.29 is 14.3 Å². The summed E-state index contributed by atoms with van der Waals surface area (Å²) < 4.78 is 7.36. The topological polar surface area (TPSA) is 78.6 Å². The summed E-state index contributed by atoms with van der Waals surface area (Å²) in [4.78, 5) is 17.9. The molecular formula is C26H20BrN3O3S. The third-order valence-corrected chi connectivity index (χ3v) is 6.70. The van der Waals surface area contributed by atoms with E-state index in [4.69, 9.17) is 16.6 Å². The molecular weight excluding hydrogens is 514 g/mol. The molecule has 4 aromatic rings. The minimum Gasteiger partial charge on any atom is -0.478 e. The Hall–Kier alpha value is -3.49. The molecule has 6 nitrogen and oxygen atoms in total. The van der Waals surface area contributed by atoms with E-state index in [-0.39, 0.29) is 17.6 Å². The zero-order valence-electron chi connectivity index (χ0n) is 18.1. The van der Waals surface area contributed by atoms with Crippen LogP contribution in [0.15, 0.2) is 87.9 Å². The molecule has 0 amide bonds. The van der Waals surface area contributed by atoms with E-state index in [1.54, 1.807) is 24.4 Å². The number of carbonyl (C=O) groups is 1. The molecule has 5 rings (SSSR count). The Kier molecular flexibility index (Phi) is 5.93. The molecule has 8 heteroatoms. The molecule has 0 aliphatic carbocycles. The van der Waals surface area contributed by atoms with E-state index < -0.39 is 5.97 Å². The van der Waals surface area contributed by atoms with Crippen LogP contribution in [0.3, 0.4) is 0 Å². The molecule has 170 valence electrons. The van der Waals surface area contributed by atoms with Gasteiger partial charge in [0.15, 0.2) is 5.11 Å². The number of aromatic carboxylic acids is 1. The van der Waals surface area contributed by atoms with E-state index in [2.05, 4.69) is 26.2 Å². The molecule has 0 spiro atoms. The number of benzene rings is 2. The predicted octanol–water partition coefficient (Wildman–Crippen LogP) is 6.29. The number of furan rings is 1. The maximum absolute atomic E-state index is 11.3. The van der Waals surface area contributed by atoms with Crippen molar-refractivity contribution in [3.05, 3.63) is 106 Å². The van der Waals surface area contributed by atoms with Gasteiger partial charge in [0, 0.05) is 21.9 Å². The Bertz CT molecular complexity index is 1370. The number of carboxylic acid groups (broad SMARTS) is 1. The van der Waals surface area contributed by atoms with Crippen molar-refractivity contribution >= 4 is 44.9 Å². The number of nitrogens with zero attached hydrogens (tertiary/aromatic N) is 2. The van der Waals surface area contributed by atoms with Gasteiger partial charge in [0.2, 0.25) is 0 Å². The van der Waals surface area contributed by atoms with Gasteiger partial charge in [-0.3, -0.25) is 4.98 Å². The number of nitrogens with one attached hydrogen (secondary N) is 1. The van der Waals surface area contributed by atoms with Crippen molar-refractivity contribution in [3.8, 4) is 11.3 Å². The first-order valence-corrected chi connectivity index (χ1v) is 11.8. The first-order chi connectivity index (χ1) is 16.4. The molecule has 34 heavy (non-hydrogen) atoms. The second-order valence-electron chi connectivity index (χ2n) is 8.01. The minimum atomic E-state index is -0.955. The fraction of sp³-hybridized carbons (Fsp3) is 0.115. The third kappa shape index (κ3) is 4.10. The van der Waals surface area contributed by atoms with E-state index in [1.165, 1.54) is 0 Å². The second-order valence-corrected chi connectivity index (χ2v) is 9.31. The minimum absolute atomic E-state index is 0.216. The van der Waals surface area contributed by atoms with Crippen molar-refractivity contribution in [2.75, 3.05) is 4.90 Å². The van der Waals surface area contributed by atoms with Crippen LogP contribution in [0.2, 0.25) is 0 Å². The van der Waals surface area contributed by atoms with E-state index in [1.807, 2.05) is 66.4 Å². The quantitative estimate of drug-likeness (QED) is 0.292. The summed E-state index contributed by atoms with van der Waals surface area (Å²) in [5, 5.41) is 13.3. The molecule has 0 saturated carbocycles. The Morgan fingerprint density at radius 2 is 1.91 bits per heavy atom. The van der Waals surface area contributed by atoms with Gasteiger partial charge in [0.1, 0.15) is 17.6 Å². The molecule has 2 aromatic heterocycles.